The Labute approximate surface area is 235 Å². The molecule has 0 spiro atoms. The smallest absolute Gasteiger partial charge is 0.257 e. The highest BCUT2D eigenvalue weighted by atomic mass is 79.9. The van der Waals surface area contributed by atoms with Crippen molar-refractivity contribution < 1.29 is 23.8 Å². The largest absolute Gasteiger partial charge is 0.393 e. The van der Waals surface area contributed by atoms with Crippen LogP contribution in [0.15, 0.2) is 83.3 Å². The first kappa shape index (κ1) is 28.3. The van der Waals surface area contributed by atoms with Crippen molar-refractivity contribution in [3.05, 3.63) is 106 Å². The van der Waals surface area contributed by atoms with Gasteiger partial charge in [0.1, 0.15) is 5.82 Å². The van der Waals surface area contributed by atoms with Crippen molar-refractivity contribution in [2.24, 2.45) is 5.92 Å². The van der Waals surface area contributed by atoms with Crippen LogP contribution in [0.2, 0.25) is 0 Å². The molecule has 0 aromatic heterocycles. The van der Waals surface area contributed by atoms with Crippen LogP contribution in [0.3, 0.4) is 0 Å². The van der Waals surface area contributed by atoms with E-state index in [1.54, 1.807) is 43.3 Å². The zero-order valence-corrected chi connectivity index (χ0v) is 23.3. The van der Waals surface area contributed by atoms with Gasteiger partial charge in [0.15, 0.2) is 5.11 Å². The van der Waals surface area contributed by atoms with E-state index in [-0.39, 0.29) is 23.4 Å². The third kappa shape index (κ3) is 6.84. The fourth-order valence-corrected chi connectivity index (χ4v) is 5.46. The lowest BCUT2D eigenvalue weighted by atomic mass is 9.71. The number of benzene rings is 3. The van der Waals surface area contributed by atoms with Gasteiger partial charge >= 0.3 is 0 Å². The summed E-state index contributed by atoms with van der Waals surface area (Å²) >= 11 is 8.94. The maximum atomic E-state index is 15.3. The molecular weight excluding hydrogens is 571 g/mol. The molecule has 200 valence electrons. The van der Waals surface area contributed by atoms with Crippen LogP contribution in [0.25, 0.3) is 0 Å². The Kier molecular flexibility index (Phi) is 9.62. The van der Waals surface area contributed by atoms with Gasteiger partial charge in [-0.25, -0.2) is 4.39 Å². The van der Waals surface area contributed by atoms with E-state index in [1.165, 1.54) is 6.07 Å². The number of carbonyl (C=O) groups is 1. The van der Waals surface area contributed by atoms with Gasteiger partial charge in [-0.1, -0.05) is 64.5 Å². The molecule has 9 heteroatoms. The second kappa shape index (κ2) is 12.9. The van der Waals surface area contributed by atoms with Gasteiger partial charge in [0, 0.05) is 21.5 Å². The second-order valence-electron chi connectivity index (χ2n) is 9.39. The number of ether oxygens (including phenoxy) is 2. The van der Waals surface area contributed by atoms with Crippen molar-refractivity contribution in [1.29, 1.82) is 0 Å². The number of rotatable bonds is 8. The van der Waals surface area contributed by atoms with Crippen LogP contribution in [0.4, 0.5) is 4.39 Å². The van der Waals surface area contributed by atoms with Crippen LogP contribution in [0.5, 0.6) is 0 Å². The number of aliphatic hydroxyl groups is 1. The third-order valence-corrected chi connectivity index (χ3v) is 7.40. The number of aliphatic hydroxyl groups excluding tert-OH is 1. The minimum Gasteiger partial charge on any atom is -0.393 e. The number of nitrogens with one attached hydrogen (secondary N) is 2. The van der Waals surface area contributed by atoms with Gasteiger partial charge in [-0.15, -0.1) is 0 Å². The van der Waals surface area contributed by atoms with Crippen molar-refractivity contribution in [2.45, 2.75) is 37.7 Å². The summed E-state index contributed by atoms with van der Waals surface area (Å²) in [6, 6.07) is 23.1. The molecule has 6 nitrogen and oxygen atoms in total. The maximum absolute atomic E-state index is 15.3. The quantitative estimate of drug-likeness (QED) is 0.313. The Hall–Kier alpha value is -2.69. The van der Waals surface area contributed by atoms with Crippen molar-refractivity contribution in [3.8, 4) is 0 Å². The summed E-state index contributed by atoms with van der Waals surface area (Å²) < 4.78 is 28.1. The van der Waals surface area contributed by atoms with Crippen LogP contribution in [-0.2, 0) is 21.6 Å². The van der Waals surface area contributed by atoms with Crippen LogP contribution in [0, 0.1) is 11.7 Å². The van der Waals surface area contributed by atoms with E-state index in [0.717, 1.165) is 5.56 Å². The molecule has 3 aromatic rings. The van der Waals surface area contributed by atoms with E-state index in [0.29, 0.717) is 29.7 Å². The van der Waals surface area contributed by atoms with Crippen molar-refractivity contribution in [3.63, 3.8) is 0 Å². The molecule has 0 radical (unpaired) electrons. The summed E-state index contributed by atoms with van der Waals surface area (Å²) in [5, 5.41) is 16.8. The fraction of sp³-hybridized carbons (Fsp3) is 0.310. The first-order chi connectivity index (χ1) is 18.3. The number of halogens is 2. The molecule has 1 saturated heterocycles. The summed E-state index contributed by atoms with van der Waals surface area (Å²) in [5.41, 5.74) is 0.501. The Morgan fingerprint density at radius 1 is 1.18 bits per heavy atom. The second-order valence-corrected chi connectivity index (χ2v) is 10.7. The number of carbonyl (C=O) groups excluding carboxylic acids is 1. The van der Waals surface area contributed by atoms with Gasteiger partial charge in [-0.2, -0.15) is 0 Å². The first-order valence-corrected chi connectivity index (χ1v) is 13.5. The molecule has 38 heavy (non-hydrogen) atoms. The van der Waals surface area contributed by atoms with Gasteiger partial charge in [0.25, 0.3) is 5.91 Å². The highest BCUT2D eigenvalue weighted by Gasteiger charge is 2.50. The average molecular weight is 602 g/mol. The Balaban J connectivity index is 1.56. The van der Waals surface area contributed by atoms with Gasteiger partial charge < -0.3 is 19.9 Å². The lowest BCUT2D eigenvalue weighted by Gasteiger charge is -2.49. The van der Waals surface area contributed by atoms with Gasteiger partial charge in [0.05, 0.1) is 37.6 Å². The van der Waals surface area contributed by atoms with E-state index >= 15 is 4.39 Å². The van der Waals surface area contributed by atoms with Crippen LogP contribution >= 0.6 is 28.1 Å². The summed E-state index contributed by atoms with van der Waals surface area (Å²) in [7, 11) is 0. The topological polar surface area (TPSA) is 79.8 Å². The summed E-state index contributed by atoms with van der Waals surface area (Å²) in [6.07, 6.45) is -0.800. The Bertz CT molecular complexity index is 1250. The van der Waals surface area contributed by atoms with Crippen LogP contribution in [-0.4, -0.2) is 41.5 Å². The van der Waals surface area contributed by atoms with Gasteiger partial charge in [-0.05, 0) is 61.5 Å². The molecule has 1 amide bonds. The molecule has 1 heterocycles. The molecule has 1 aliphatic heterocycles. The monoisotopic (exact) mass is 600 g/mol. The molecule has 3 N–H and O–H groups in total. The lowest BCUT2D eigenvalue weighted by molar-refractivity contribution is -0.124. The number of hydrogen-bond acceptors (Lipinski definition) is 5. The maximum Gasteiger partial charge on any atom is 0.257 e. The molecule has 0 saturated carbocycles. The highest BCUT2D eigenvalue weighted by Crippen LogP contribution is 2.42. The molecule has 4 atom stereocenters. The zero-order chi connectivity index (χ0) is 27.1. The van der Waals surface area contributed by atoms with Crippen molar-refractivity contribution >= 4 is 39.2 Å². The van der Waals surface area contributed by atoms with Crippen LogP contribution < -0.4 is 10.6 Å². The number of amides is 1. The number of hydrogen-bond donors (Lipinski definition) is 3. The Morgan fingerprint density at radius 3 is 2.55 bits per heavy atom. The van der Waals surface area contributed by atoms with E-state index < -0.39 is 29.3 Å². The molecule has 0 aliphatic carbocycles. The average Bonchev–Trinajstić information content (AvgIpc) is 2.91. The Morgan fingerprint density at radius 2 is 1.87 bits per heavy atom. The highest BCUT2D eigenvalue weighted by molar-refractivity contribution is 9.10. The minimum absolute atomic E-state index is 0.00332. The van der Waals surface area contributed by atoms with Gasteiger partial charge in [0.2, 0.25) is 0 Å². The fourth-order valence-electron chi connectivity index (χ4n) is 4.83. The molecule has 4 rings (SSSR count). The molecule has 4 unspecified atom stereocenters. The molecule has 1 aliphatic rings. The van der Waals surface area contributed by atoms with E-state index in [2.05, 4.69) is 26.6 Å². The van der Waals surface area contributed by atoms with E-state index in [9.17, 15) is 9.90 Å². The molecule has 1 fully saturated rings. The SMILES string of the molecule is CC(O)C1CC(COCc2ccccc2)OCC1(NC(=S)NC(=O)c1ccccc1)c1cc(Br)ccc1F. The molecular formula is C29H30BrFN2O4S. The predicted molar refractivity (Wildman–Crippen MR) is 151 cm³/mol. The third-order valence-electron chi connectivity index (χ3n) is 6.70. The summed E-state index contributed by atoms with van der Waals surface area (Å²) in [4.78, 5) is 12.7. The van der Waals surface area contributed by atoms with Crippen LogP contribution in [0.1, 0.15) is 34.8 Å². The van der Waals surface area contributed by atoms with Crippen molar-refractivity contribution in [2.75, 3.05) is 13.2 Å². The summed E-state index contributed by atoms with van der Waals surface area (Å²) in [5.74, 6) is -1.40. The zero-order valence-electron chi connectivity index (χ0n) is 20.9. The normalized spacial score (nSPS) is 21.9. The standard InChI is InChI=1S/C29H30BrFN2O4S/c1-19(34)24-15-23(17-36-16-20-8-4-2-5-9-20)37-18-29(24,25-14-22(30)12-13-26(25)31)33-28(38)32-27(35)21-10-6-3-7-11-21/h2-14,19,23-24,34H,15-18H2,1H3,(H2,32,33,35,38). The molecule has 3 aromatic carbocycles. The van der Waals surface area contributed by atoms with Gasteiger partial charge in [-0.3, -0.25) is 10.1 Å². The number of thiocarbonyl (C=S) groups is 1. The van der Waals surface area contributed by atoms with E-state index in [1.807, 2.05) is 36.4 Å². The first-order valence-electron chi connectivity index (χ1n) is 12.3. The van der Waals surface area contributed by atoms with E-state index in [4.69, 9.17) is 21.7 Å². The molecule has 0 bridgehead atoms. The lowest BCUT2D eigenvalue weighted by Crippen LogP contribution is -2.63. The predicted octanol–water partition coefficient (Wildman–Crippen LogP) is 5.09. The summed E-state index contributed by atoms with van der Waals surface area (Å²) in [6.45, 7) is 2.40. The minimum atomic E-state index is -1.25. The van der Waals surface area contributed by atoms with Crippen molar-refractivity contribution in [1.82, 2.24) is 10.6 Å².